The molecule has 3 heteroatoms. The highest BCUT2D eigenvalue weighted by Gasteiger charge is 2.55. The van der Waals surface area contributed by atoms with Crippen LogP contribution in [0.15, 0.2) is 170 Å². The minimum Gasteiger partial charge on any atom is -0.310 e. The van der Waals surface area contributed by atoms with E-state index < -0.39 is 5.41 Å². The summed E-state index contributed by atoms with van der Waals surface area (Å²) >= 11 is 0. The van der Waals surface area contributed by atoms with Gasteiger partial charge >= 0.3 is 0 Å². The lowest BCUT2D eigenvalue weighted by Crippen LogP contribution is -2.61. The van der Waals surface area contributed by atoms with Gasteiger partial charge in [-0.05, 0) is 228 Å². The standard InChI is InChI=1S/C89H87BN2/c1-82(2,3)53-33-30-50(31-34-53)59-48-69-70(88(16,17)41-40-87(69,14)15)49-60(59)74-63-42-51-24-18-19-25-56(51)75-80(63)91(77(74)52-32-35-66-68(43-52)86(12,13)39-38-85(66,10)11)73-37-36-67-81-76(73)90(75)72-47-55(84(7,8)9)45-62-61-44-54(83(4,5)6)46-71(78(61)92(81)79(62)72)89(67)64-28-22-20-26-57(64)58-27-21-23-29-65(58)89/h18-37,42-49H,38-41H2,1-17H3. The van der Waals surface area contributed by atoms with Gasteiger partial charge in [-0.25, -0.2) is 0 Å². The molecule has 0 bridgehead atoms. The van der Waals surface area contributed by atoms with Crippen LogP contribution in [0.25, 0.3) is 99.5 Å². The Morgan fingerprint density at radius 2 is 0.870 bits per heavy atom. The normalized spacial score (nSPS) is 17.9. The summed E-state index contributed by atoms with van der Waals surface area (Å²) in [5, 5.41) is 6.69. The summed E-state index contributed by atoms with van der Waals surface area (Å²) in [6.07, 6.45) is 4.60. The third kappa shape index (κ3) is 7.19. The fraction of sp³-hybridized carbons (Fsp3) is 0.326. The summed E-state index contributed by atoms with van der Waals surface area (Å²) in [4.78, 5) is 0. The Kier molecular flexibility index (Phi) is 10.9. The summed E-state index contributed by atoms with van der Waals surface area (Å²) in [5.74, 6) is 0. The molecule has 0 atom stereocenters. The van der Waals surface area contributed by atoms with Gasteiger partial charge in [-0.2, -0.15) is 0 Å². The van der Waals surface area contributed by atoms with Gasteiger partial charge in [-0.15, -0.1) is 0 Å². The van der Waals surface area contributed by atoms with Crippen LogP contribution in [0.4, 0.5) is 0 Å². The molecule has 5 heterocycles. The molecule has 0 unspecified atom stereocenters. The molecule has 0 saturated heterocycles. The molecule has 3 aliphatic heterocycles. The van der Waals surface area contributed by atoms with Gasteiger partial charge in [0.05, 0.1) is 22.1 Å². The van der Waals surface area contributed by atoms with E-state index in [4.69, 9.17) is 0 Å². The van der Waals surface area contributed by atoms with Crippen molar-refractivity contribution in [2.75, 3.05) is 0 Å². The van der Waals surface area contributed by atoms with Crippen molar-refractivity contribution < 1.29 is 0 Å². The molecule has 2 nitrogen and oxygen atoms in total. The predicted molar refractivity (Wildman–Crippen MR) is 394 cm³/mol. The Balaban J connectivity index is 1.08. The maximum Gasteiger partial charge on any atom is 0.253 e. The molecule has 0 amide bonds. The number of hydrogen-bond donors (Lipinski definition) is 0. The first-order valence-corrected chi connectivity index (χ1v) is 34.6. The second-order valence-electron chi connectivity index (χ2n) is 34.9. The Labute approximate surface area is 546 Å². The van der Waals surface area contributed by atoms with Gasteiger partial charge in [-0.1, -0.05) is 245 Å². The summed E-state index contributed by atoms with van der Waals surface area (Å²) < 4.78 is 5.70. The quantitative estimate of drug-likeness (QED) is 0.156. The number of benzene rings is 10. The fourth-order valence-electron chi connectivity index (χ4n) is 19.1. The van der Waals surface area contributed by atoms with E-state index in [1.165, 1.54) is 184 Å². The molecule has 3 aliphatic carbocycles. The molecule has 1 spiro atoms. The maximum atomic E-state index is 2.86. The van der Waals surface area contributed by atoms with Gasteiger partial charge in [0.15, 0.2) is 0 Å². The van der Waals surface area contributed by atoms with Crippen molar-refractivity contribution in [2.45, 2.75) is 187 Å². The average Bonchev–Trinajstić information content (AvgIpc) is 1.44. The van der Waals surface area contributed by atoms with Crippen LogP contribution in [-0.2, 0) is 43.3 Å². The van der Waals surface area contributed by atoms with Crippen molar-refractivity contribution in [3.63, 3.8) is 0 Å². The van der Waals surface area contributed by atoms with Gasteiger partial charge in [0, 0.05) is 38.6 Å². The molecule has 0 N–H and O–H groups in total. The summed E-state index contributed by atoms with van der Waals surface area (Å²) in [7, 11) is 0. The van der Waals surface area contributed by atoms with Crippen LogP contribution in [0.1, 0.15) is 205 Å². The molecule has 92 heavy (non-hydrogen) atoms. The van der Waals surface area contributed by atoms with Crippen molar-refractivity contribution in [2.24, 2.45) is 0 Å². The number of fused-ring (bicyclic) bond motifs is 15. The monoisotopic (exact) mass is 1190 g/mol. The van der Waals surface area contributed by atoms with Crippen LogP contribution in [0.3, 0.4) is 0 Å². The van der Waals surface area contributed by atoms with E-state index in [9.17, 15) is 0 Å². The molecule has 18 rings (SSSR count). The zero-order valence-electron chi connectivity index (χ0n) is 57.5. The summed E-state index contributed by atoms with van der Waals surface area (Å²) in [6, 6.07) is 69.8. The van der Waals surface area contributed by atoms with Crippen molar-refractivity contribution in [3.05, 3.63) is 231 Å². The minimum atomic E-state index is -0.604. The van der Waals surface area contributed by atoms with Gasteiger partial charge in [-0.3, -0.25) is 0 Å². The van der Waals surface area contributed by atoms with Crippen LogP contribution >= 0.6 is 0 Å². The topological polar surface area (TPSA) is 9.86 Å². The van der Waals surface area contributed by atoms with Crippen molar-refractivity contribution in [1.29, 1.82) is 0 Å². The number of hydrogen-bond acceptors (Lipinski definition) is 0. The van der Waals surface area contributed by atoms with E-state index in [0.29, 0.717) is 0 Å². The van der Waals surface area contributed by atoms with Gasteiger partial charge < -0.3 is 9.13 Å². The molecule has 10 aromatic carbocycles. The molecular weight excluding hydrogens is 1110 g/mol. The van der Waals surface area contributed by atoms with Crippen LogP contribution in [0.2, 0.25) is 0 Å². The van der Waals surface area contributed by atoms with Gasteiger partial charge in [0.1, 0.15) is 0 Å². The Morgan fingerprint density at radius 3 is 1.49 bits per heavy atom. The highest BCUT2D eigenvalue weighted by Crippen LogP contribution is 2.63. The Morgan fingerprint density at radius 1 is 0.348 bits per heavy atom. The average molecular weight is 1200 g/mol. The third-order valence-electron chi connectivity index (χ3n) is 24.5. The first-order chi connectivity index (χ1) is 43.5. The first kappa shape index (κ1) is 56.6. The number of rotatable bonds is 3. The molecule has 0 radical (unpaired) electrons. The second-order valence-corrected chi connectivity index (χ2v) is 34.9. The largest absolute Gasteiger partial charge is 0.310 e. The molecule has 2 aromatic heterocycles. The van der Waals surface area contributed by atoms with Gasteiger partial charge in [0.2, 0.25) is 0 Å². The highest BCUT2D eigenvalue weighted by atomic mass is 15.1. The van der Waals surface area contributed by atoms with Crippen molar-refractivity contribution >= 4 is 66.6 Å². The van der Waals surface area contributed by atoms with Crippen LogP contribution in [0, 0.1) is 0 Å². The second kappa shape index (κ2) is 17.8. The van der Waals surface area contributed by atoms with Crippen molar-refractivity contribution in [3.8, 4) is 56.0 Å². The lowest BCUT2D eigenvalue weighted by Gasteiger charge is -2.44. The zero-order chi connectivity index (χ0) is 63.8. The Bertz CT molecular complexity index is 5280. The first-order valence-electron chi connectivity index (χ1n) is 34.6. The third-order valence-corrected chi connectivity index (χ3v) is 24.5. The van der Waals surface area contributed by atoms with E-state index in [1.807, 2.05) is 0 Å². The molecule has 456 valence electrons. The zero-order valence-corrected chi connectivity index (χ0v) is 57.5. The van der Waals surface area contributed by atoms with E-state index in [-0.39, 0.29) is 44.6 Å². The van der Waals surface area contributed by atoms with Gasteiger partial charge in [0.25, 0.3) is 6.71 Å². The number of nitrogens with zero attached hydrogens (tertiary/aromatic N) is 2. The minimum absolute atomic E-state index is 0.00347. The molecule has 12 aromatic rings. The van der Waals surface area contributed by atoms with E-state index in [0.717, 1.165) is 19.3 Å². The summed E-state index contributed by atoms with van der Waals surface area (Å²) in [5.41, 5.74) is 36.3. The van der Waals surface area contributed by atoms with E-state index in [1.54, 1.807) is 0 Å². The fourth-order valence-corrected chi connectivity index (χ4v) is 19.1. The maximum absolute atomic E-state index is 2.86. The van der Waals surface area contributed by atoms with Crippen LogP contribution < -0.4 is 16.4 Å². The Hall–Kier alpha value is -8.14. The van der Waals surface area contributed by atoms with Crippen LogP contribution in [-0.4, -0.2) is 15.8 Å². The molecular formula is C89H87BN2. The molecule has 6 aliphatic rings. The highest BCUT2D eigenvalue weighted by molar-refractivity contribution is 7.01. The summed E-state index contributed by atoms with van der Waals surface area (Å²) in [6.45, 7) is 41.5. The lowest BCUT2D eigenvalue weighted by molar-refractivity contribution is 0.332. The molecule has 0 saturated carbocycles. The smallest absolute Gasteiger partial charge is 0.253 e. The van der Waals surface area contributed by atoms with E-state index in [2.05, 4.69) is 297 Å². The van der Waals surface area contributed by atoms with Crippen molar-refractivity contribution in [1.82, 2.24) is 9.13 Å². The van der Waals surface area contributed by atoms with Crippen LogP contribution in [0.5, 0.6) is 0 Å². The van der Waals surface area contributed by atoms with E-state index >= 15 is 0 Å². The predicted octanol–water partition coefficient (Wildman–Crippen LogP) is 21.3. The number of aromatic nitrogens is 2. The SMILES string of the molecule is CC(C)(C)c1ccc(-c2cc3c(cc2-c2c(-c4ccc5c(c4)C(C)(C)CCC5(C)C)n4c5c(c6ccccc6cc25)B2c5c-4ccc4c5-n5c6c2cc(C(C)(C)C)cc6c2cc(C(C)(C)C)cc(c25)C42c4ccccc4-c4ccccc42)C(C)(C)CCC3(C)C)cc1. The molecule has 0 fully saturated rings. The lowest BCUT2D eigenvalue weighted by atomic mass is 9.33.